The van der Waals surface area contributed by atoms with Crippen molar-refractivity contribution in [1.82, 2.24) is 10.6 Å². The van der Waals surface area contributed by atoms with Gasteiger partial charge in [-0.15, -0.1) is 0 Å². The van der Waals surface area contributed by atoms with Crippen molar-refractivity contribution in [3.8, 4) is 0 Å². The smallest absolute Gasteiger partial charge is 0.255 e. The van der Waals surface area contributed by atoms with Gasteiger partial charge in [-0.25, -0.2) is 8.78 Å². The number of guanidine groups is 1. The molecule has 1 aromatic rings. The van der Waals surface area contributed by atoms with Crippen LogP contribution in [0.2, 0.25) is 5.02 Å². The molecule has 1 aromatic carbocycles. The molecule has 1 aliphatic carbocycles. The van der Waals surface area contributed by atoms with E-state index in [1.54, 1.807) is 7.05 Å². The zero-order chi connectivity index (χ0) is 14.6. The first-order valence-electron chi connectivity index (χ1n) is 6.54. The van der Waals surface area contributed by atoms with Crippen molar-refractivity contribution < 1.29 is 8.78 Å². The summed E-state index contributed by atoms with van der Waals surface area (Å²) in [7, 11) is 1.57. The summed E-state index contributed by atoms with van der Waals surface area (Å²) in [5, 5.41) is 6.42. The molecular weight excluding hydrogens is 284 g/mol. The highest BCUT2D eigenvalue weighted by molar-refractivity contribution is 6.30. The van der Waals surface area contributed by atoms with Crippen LogP contribution in [0.25, 0.3) is 0 Å². The van der Waals surface area contributed by atoms with Crippen molar-refractivity contribution in [2.45, 2.75) is 24.7 Å². The average molecular weight is 302 g/mol. The Morgan fingerprint density at radius 1 is 1.40 bits per heavy atom. The van der Waals surface area contributed by atoms with E-state index in [4.69, 9.17) is 11.6 Å². The largest absolute Gasteiger partial charge is 0.356 e. The van der Waals surface area contributed by atoms with Gasteiger partial charge in [-0.05, 0) is 30.5 Å². The summed E-state index contributed by atoms with van der Waals surface area (Å²) in [5.74, 6) is 0.401. The van der Waals surface area contributed by atoms with Crippen molar-refractivity contribution in [2.75, 3.05) is 20.1 Å². The molecule has 0 amide bonds. The predicted octanol–water partition coefficient (Wildman–Crippen LogP) is 2.80. The van der Waals surface area contributed by atoms with Gasteiger partial charge >= 0.3 is 0 Å². The molecule has 6 heteroatoms. The molecule has 1 aliphatic rings. The number of aliphatic imine (C=N–C) groups is 1. The van der Waals surface area contributed by atoms with Crippen molar-refractivity contribution in [2.24, 2.45) is 4.99 Å². The molecular formula is C14H18ClF2N3. The fraction of sp³-hybridized carbons (Fsp3) is 0.500. The summed E-state index contributed by atoms with van der Waals surface area (Å²) in [4.78, 5) is 3.94. The van der Waals surface area contributed by atoms with Gasteiger partial charge < -0.3 is 10.6 Å². The molecule has 2 N–H and O–H groups in total. The summed E-state index contributed by atoms with van der Waals surface area (Å²) < 4.78 is 24.3. The second-order valence-electron chi connectivity index (χ2n) is 4.99. The predicted molar refractivity (Wildman–Crippen MR) is 77.7 cm³/mol. The van der Waals surface area contributed by atoms with Gasteiger partial charge in [-0.3, -0.25) is 4.99 Å². The van der Waals surface area contributed by atoms with Gasteiger partial charge in [-0.2, -0.15) is 0 Å². The summed E-state index contributed by atoms with van der Waals surface area (Å²) in [6.45, 7) is 0.264. The summed E-state index contributed by atoms with van der Waals surface area (Å²) >= 11 is 6.01. The average Bonchev–Trinajstić information content (AvgIpc) is 3.20. The van der Waals surface area contributed by atoms with Crippen molar-refractivity contribution in [3.05, 3.63) is 34.9 Å². The number of rotatable bonds is 5. The maximum Gasteiger partial charge on any atom is 0.255 e. The van der Waals surface area contributed by atoms with Crippen molar-refractivity contribution in [3.63, 3.8) is 0 Å². The number of nitrogens with zero attached hydrogens (tertiary/aromatic N) is 1. The molecule has 0 radical (unpaired) electrons. The van der Waals surface area contributed by atoms with E-state index in [1.165, 1.54) is 5.56 Å². The first kappa shape index (κ1) is 15.0. The van der Waals surface area contributed by atoms with E-state index in [0.29, 0.717) is 17.5 Å². The first-order valence-corrected chi connectivity index (χ1v) is 6.92. The lowest BCUT2D eigenvalue weighted by molar-refractivity contribution is 0.152. The van der Waals surface area contributed by atoms with Gasteiger partial charge in [0, 0.05) is 24.0 Å². The minimum absolute atomic E-state index is 0.0490. The Morgan fingerprint density at radius 3 is 2.70 bits per heavy atom. The summed E-state index contributed by atoms with van der Waals surface area (Å²) in [5.41, 5.74) is 1.23. The normalized spacial score (nSPS) is 17.1. The SMILES string of the molecule is CN=C(NCC(F)F)NCC1(c2cccc(Cl)c2)CC1. The Balaban J connectivity index is 1.93. The van der Waals surface area contributed by atoms with Crippen LogP contribution in [0, 0.1) is 0 Å². The molecule has 110 valence electrons. The molecule has 0 aromatic heterocycles. The molecule has 0 bridgehead atoms. The molecule has 20 heavy (non-hydrogen) atoms. The molecule has 0 heterocycles. The van der Waals surface area contributed by atoms with Crippen LogP contribution in [0.15, 0.2) is 29.3 Å². The zero-order valence-electron chi connectivity index (χ0n) is 11.3. The molecule has 0 unspecified atom stereocenters. The van der Waals surface area contributed by atoms with Crippen molar-refractivity contribution in [1.29, 1.82) is 0 Å². The third-order valence-corrected chi connectivity index (χ3v) is 3.77. The van der Waals surface area contributed by atoms with Gasteiger partial charge in [0.25, 0.3) is 6.43 Å². The van der Waals surface area contributed by atoms with Gasteiger partial charge in [0.2, 0.25) is 0 Å². The summed E-state index contributed by atoms with van der Waals surface area (Å²) in [6.07, 6.45) is -0.269. The fourth-order valence-electron chi connectivity index (χ4n) is 2.18. The third kappa shape index (κ3) is 3.82. The molecule has 0 spiro atoms. The van der Waals surface area contributed by atoms with Gasteiger partial charge in [-0.1, -0.05) is 23.7 Å². The number of alkyl halides is 2. The van der Waals surface area contributed by atoms with Crippen LogP contribution in [0.5, 0.6) is 0 Å². The molecule has 0 saturated heterocycles. The highest BCUT2D eigenvalue weighted by atomic mass is 35.5. The van der Waals surface area contributed by atoms with Crippen molar-refractivity contribution >= 4 is 17.6 Å². The molecule has 1 saturated carbocycles. The Morgan fingerprint density at radius 2 is 2.15 bits per heavy atom. The zero-order valence-corrected chi connectivity index (χ0v) is 12.1. The minimum Gasteiger partial charge on any atom is -0.356 e. The second-order valence-corrected chi connectivity index (χ2v) is 5.42. The summed E-state index contributed by atoms with van der Waals surface area (Å²) in [6, 6.07) is 7.79. The topological polar surface area (TPSA) is 36.4 Å². The van der Waals surface area contributed by atoms with E-state index >= 15 is 0 Å². The van der Waals surface area contributed by atoms with E-state index in [9.17, 15) is 8.78 Å². The molecule has 3 nitrogen and oxygen atoms in total. The maximum atomic E-state index is 12.2. The molecule has 0 atom stereocenters. The van der Waals surface area contributed by atoms with Gasteiger partial charge in [0.1, 0.15) is 0 Å². The van der Waals surface area contributed by atoms with E-state index in [2.05, 4.69) is 21.7 Å². The van der Waals surface area contributed by atoms with Crippen LogP contribution in [-0.4, -0.2) is 32.5 Å². The Labute approximate surface area is 122 Å². The lowest BCUT2D eigenvalue weighted by atomic mass is 9.96. The molecule has 2 rings (SSSR count). The monoisotopic (exact) mass is 301 g/mol. The first-order chi connectivity index (χ1) is 9.55. The van der Waals surface area contributed by atoms with Crippen LogP contribution in [0.3, 0.4) is 0 Å². The second kappa shape index (κ2) is 6.39. The highest BCUT2D eigenvalue weighted by Crippen LogP contribution is 2.48. The van der Waals surface area contributed by atoms with Crippen LogP contribution in [-0.2, 0) is 5.41 Å². The molecule has 1 fully saturated rings. The Bertz CT molecular complexity index is 487. The van der Waals surface area contributed by atoms with Crippen LogP contribution < -0.4 is 10.6 Å². The number of nitrogens with one attached hydrogen (secondary N) is 2. The number of halogens is 3. The highest BCUT2D eigenvalue weighted by Gasteiger charge is 2.44. The lowest BCUT2D eigenvalue weighted by Gasteiger charge is -2.19. The van der Waals surface area contributed by atoms with Crippen LogP contribution >= 0.6 is 11.6 Å². The fourth-order valence-corrected chi connectivity index (χ4v) is 2.37. The van der Waals surface area contributed by atoms with E-state index in [0.717, 1.165) is 12.8 Å². The number of hydrogen-bond donors (Lipinski definition) is 2. The van der Waals surface area contributed by atoms with Crippen LogP contribution in [0.4, 0.5) is 8.78 Å². The van der Waals surface area contributed by atoms with Gasteiger partial charge in [0.05, 0.1) is 6.54 Å². The van der Waals surface area contributed by atoms with E-state index in [1.807, 2.05) is 18.2 Å². The van der Waals surface area contributed by atoms with E-state index in [-0.39, 0.29) is 5.41 Å². The maximum absolute atomic E-state index is 12.2. The minimum atomic E-state index is -2.39. The number of benzene rings is 1. The Kier molecular flexibility index (Phi) is 4.81. The van der Waals surface area contributed by atoms with E-state index < -0.39 is 13.0 Å². The standard InChI is InChI=1S/C14H18ClF2N3/c1-18-13(19-8-12(16)17)20-9-14(5-6-14)10-3-2-4-11(15)7-10/h2-4,7,12H,5-6,8-9H2,1H3,(H2,18,19,20). The quantitative estimate of drug-likeness (QED) is 0.648. The molecule has 0 aliphatic heterocycles. The lowest BCUT2D eigenvalue weighted by Crippen LogP contribution is -2.42. The van der Waals surface area contributed by atoms with Crippen LogP contribution in [0.1, 0.15) is 18.4 Å². The number of hydrogen-bond acceptors (Lipinski definition) is 1. The van der Waals surface area contributed by atoms with Gasteiger partial charge in [0.15, 0.2) is 5.96 Å². The third-order valence-electron chi connectivity index (χ3n) is 3.53. The Hall–Kier alpha value is -1.36.